The molecule has 0 saturated carbocycles. The third-order valence-electron chi connectivity index (χ3n) is 4.03. The number of carbonyl (C=O) groups excluding carboxylic acids is 2. The smallest absolute Gasteiger partial charge is 0.338 e. The van der Waals surface area contributed by atoms with Crippen molar-refractivity contribution in [1.29, 1.82) is 0 Å². The predicted molar refractivity (Wildman–Crippen MR) is 91.2 cm³/mol. The first-order valence-corrected chi connectivity index (χ1v) is 8.04. The lowest BCUT2D eigenvalue weighted by atomic mass is 10.1. The Kier molecular flexibility index (Phi) is 5.93. The maximum absolute atomic E-state index is 12.3. The van der Waals surface area contributed by atoms with Gasteiger partial charge in [-0.3, -0.25) is 4.79 Å². The topological polar surface area (TPSA) is 68.5 Å². The van der Waals surface area contributed by atoms with Gasteiger partial charge in [-0.1, -0.05) is 19.1 Å². The highest BCUT2D eigenvalue weighted by Crippen LogP contribution is 2.17. The molecule has 1 aromatic carbocycles. The Balaban J connectivity index is 2.02. The number of aromatic nitrogens is 1. The van der Waals surface area contributed by atoms with Crippen molar-refractivity contribution in [2.24, 2.45) is 0 Å². The van der Waals surface area contributed by atoms with Crippen LogP contribution in [0.1, 0.15) is 51.0 Å². The third kappa shape index (κ3) is 3.92. The van der Waals surface area contributed by atoms with Crippen LogP contribution in [0.2, 0.25) is 0 Å². The van der Waals surface area contributed by atoms with Gasteiger partial charge in [0.05, 0.1) is 12.2 Å². The number of benzene rings is 1. The molecule has 0 aliphatic heterocycles. The van der Waals surface area contributed by atoms with E-state index in [0.717, 1.165) is 24.4 Å². The minimum atomic E-state index is -0.546. The van der Waals surface area contributed by atoms with Gasteiger partial charge in [0, 0.05) is 23.5 Å². The molecule has 1 N–H and O–H groups in total. The van der Waals surface area contributed by atoms with Crippen LogP contribution < -0.4 is 0 Å². The van der Waals surface area contributed by atoms with Crippen molar-refractivity contribution < 1.29 is 19.4 Å². The molecule has 0 amide bonds. The lowest BCUT2D eigenvalue weighted by Gasteiger charge is -2.08. The van der Waals surface area contributed by atoms with Gasteiger partial charge in [-0.05, 0) is 44.0 Å². The molecule has 0 atom stereocenters. The molecule has 2 rings (SSSR count). The van der Waals surface area contributed by atoms with Crippen molar-refractivity contribution in [2.45, 2.75) is 40.3 Å². The molecule has 0 bridgehead atoms. The molecule has 2 aromatic rings. The minimum Gasteiger partial charge on any atom is -0.454 e. The second-order valence-corrected chi connectivity index (χ2v) is 5.79. The normalized spacial score (nSPS) is 10.7. The van der Waals surface area contributed by atoms with Crippen molar-refractivity contribution in [3.8, 4) is 0 Å². The van der Waals surface area contributed by atoms with Gasteiger partial charge < -0.3 is 14.4 Å². The van der Waals surface area contributed by atoms with Gasteiger partial charge in [-0.15, -0.1) is 0 Å². The molecule has 0 aliphatic carbocycles. The van der Waals surface area contributed by atoms with Crippen LogP contribution in [0.25, 0.3) is 0 Å². The van der Waals surface area contributed by atoms with Crippen molar-refractivity contribution >= 4 is 11.8 Å². The number of carbonyl (C=O) groups is 2. The van der Waals surface area contributed by atoms with Crippen molar-refractivity contribution in [2.75, 3.05) is 6.61 Å². The summed E-state index contributed by atoms with van der Waals surface area (Å²) in [4.78, 5) is 24.3. The fourth-order valence-electron chi connectivity index (χ4n) is 2.69. The van der Waals surface area contributed by atoms with Crippen LogP contribution in [0.3, 0.4) is 0 Å². The van der Waals surface area contributed by atoms with E-state index in [1.54, 1.807) is 24.3 Å². The number of esters is 1. The van der Waals surface area contributed by atoms with Crippen LogP contribution in [0.4, 0.5) is 0 Å². The Hall–Kier alpha value is -2.40. The van der Waals surface area contributed by atoms with Crippen LogP contribution in [0.15, 0.2) is 30.3 Å². The number of hydrogen-bond donors (Lipinski definition) is 1. The Labute approximate surface area is 141 Å². The number of Topliss-reactive ketones (excluding diaryl/α,β-unsaturated/α-hetero) is 1. The summed E-state index contributed by atoms with van der Waals surface area (Å²) in [5, 5.41) is 9.00. The lowest BCUT2D eigenvalue weighted by Crippen LogP contribution is -2.15. The first-order chi connectivity index (χ1) is 11.5. The molecular formula is C19H23NO4. The van der Waals surface area contributed by atoms with Crippen LogP contribution >= 0.6 is 0 Å². The monoisotopic (exact) mass is 329 g/mol. The Morgan fingerprint density at radius 1 is 1.17 bits per heavy atom. The average Bonchev–Trinajstić information content (AvgIpc) is 2.88. The van der Waals surface area contributed by atoms with E-state index >= 15 is 0 Å². The van der Waals surface area contributed by atoms with E-state index in [-0.39, 0.29) is 19.0 Å². The summed E-state index contributed by atoms with van der Waals surface area (Å²) < 4.78 is 7.22. The lowest BCUT2D eigenvalue weighted by molar-refractivity contribution is 0.0474. The summed E-state index contributed by atoms with van der Waals surface area (Å²) in [6, 6.07) is 8.29. The zero-order chi connectivity index (χ0) is 17.7. The van der Waals surface area contributed by atoms with Gasteiger partial charge in [0.25, 0.3) is 0 Å². The molecule has 0 spiro atoms. The molecule has 24 heavy (non-hydrogen) atoms. The SMILES string of the molecule is CCCn1c(C)cc(C(=O)COC(=O)c2ccc(CO)cc2)c1C. The standard InChI is InChI=1S/C19H23NO4/c1-4-9-20-13(2)10-17(14(20)3)18(22)12-24-19(23)16-7-5-15(11-21)6-8-16/h5-8,10,21H,4,9,11-12H2,1-3H3. The molecule has 0 radical (unpaired) electrons. The van der Waals surface area contributed by atoms with Crippen molar-refractivity contribution in [3.05, 3.63) is 58.4 Å². The first-order valence-electron chi connectivity index (χ1n) is 8.04. The number of aryl methyl sites for hydroxylation is 1. The van der Waals surface area contributed by atoms with E-state index in [4.69, 9.17) is 9.84 Å². The van der Waals surface area contributed by atoms with Crippen LogP contribution in [-0.4, -0.2) is 28.0 Å². The Morgan fingerprint density at radius 2 is 1.83 bits per heavy atom. The second kappa shape index (κ2) is 7.93. The number of ketones is 1. The van der Waals surface area contributed by atoms with Crippen LogP contribution in [0.5, 0.6) is 0 Å². The zero-order valence-corrected chi connectivity index (χ0v) is 14.3. The molecule has 128 valence electrons. The van der Waals surface area contributed by atoms with Crippen molar-refractivity contribution in [1.82, 2.24) is 4.57 Å². The number of nitrogens with zero attached hydrogens (tertiary/aromatic N) is 1. The van der Waals surface area contributed by atoms with Gasteiger partial charge in [0.2, 0.25) is 5.78 Å². The van der Waals surface area contributed by atoms with Gasteiger partial charge in [-0.25, -0.2) is 4.79 Å². The highest BCUT2D eigenvalue weighted by molar-refractivity contribution is 6.00. The summed E-state index contributed by atoms with van der Waals surface area (Å²) in [5.41, 5.74) is 3.61. The van der Waals surface area contributed by atoms with Crippen LogP contribution in [0, 0.1) is 13.8 Å². The number of hydrogen-bond acceptors (Lipinski definition) is 4. The zero-order valence-electron chi connectivity index (χ0n) is 14.3. The number of aliphatic hydroxyl groups excluding tert-OH is 1. The average molecular weight is 329 g/mol. The van der Waals surface area contributed by atoms with E-state index in [1.807, 2.05) is 19.9 Å². The minimum absolute atomic E-state index is 0.0822. The largest absolute Gasteiger partial charge is 0.454 e. The predicted octanol–water partition coefficient (Wildman–Crippen LogP) is 3.05. The van der Waals surface area contributed by atoms with Crippen LogP contribution in [-0.2, 0) is 17.9 Å². The Morgan fingerprint density at radius 3 is 2.42 bits per heavy atom. The molecule has 1 aromatic heterocycles. The van der Waals surface area contributed by atoms with Gasteiger partial charge >= 0.3 is 5.97 Å². The second-order valence-electron chi connectivity index (χ2n) is 5.79. The molecule has 0 saturated heterocycles. The highest BCUT2D eigenvalue weighted by atomic mass is 16.5. The molecular weight excluding hydrogens is 306 g/mol. The summed E-state index contributed by atoms with van der Waals surface area (Å²) >= 11 is 0. The number of ether oxygens (including phenoxy) is 1. The number of aliphatic hydroxyl groups is 1. The van der Waals surface area contributed by atoms with Gasteiger partial charge in [0.1, 0.15) is 0 Å². The van der Waals surface area contributed by atoms with E-state index in [9.17, 15) is 9.59 Å². The van der Waals surface area contributed by atoms with E-state index in [1.165, 1.54) is 0 Å². The molecule has 1 heterocycles. The third-order valence-corrected chi connectivity index (χ3v) is 4.03. The molecule has 5 heteroatoms. The first kappa shape index (κ1) is 17.9. The van der Waals surface area contributed by atoms with Crippen molar-refractivity contribution in [3.63, 3.8) is 0 Å². The quantitative estimate of drug-likeness (QED) is 0.626. The van der Waals surface area contributed by atoms with E-state index in [0.29, 0.717) is 16.7 Å². The molecule has 0 unspecified atom stereocenters. The summed E-state index contributed by atoms with van der Waals surface area (Å²) in [7, 11) is 0. The maximum Gasteiger partial charge on any atom is 0.338 e. The van der Waals surface area contributed by atoms with E-state index in [2.05, 4.69) is 11.5 Å². The number of rotatable bonds is 7. The maximum atomic E-state index is 12.3. The highest BCUT2D eigenvalue weighted by Gasteiger charge is 2.17. The molecule has 5 nitrogen and oxygen atoms in total. The summed E-state index contributed by atoms with van der Waals surface area (Å²) in [6.07, 6.45) is 0.989. The fraction of sp³-hybridized carbons (Fsp3) is 0.368. The van der Waals surface area contributed by atoms with E-state index < -0.39 is 5.97 Å². The molecule has 0 fully saturated rings. The fourth-order valence-corrected chi connectivity index (χ4v) is 2.69. The Bertz CT molecular complexity index is 729. The van der Waals surface area contributed by atoms with Gasteiger partial charge in [-0.2, -0.15) is 0 Å². The molecule has 0 aliphatic rings. The summed E-state index contributed by atoms with van der Waals surface area (Å²) in [5.74, 6) is -0.749. The van der Waals surface area contributed by atoms with Gasteiger partial charge in [0.15, 0.2) is 6.61 Å². The summed E-state index contributed by atoms with van der Waals surface area (Å²) in [6.45, 7) is 6.46.